The van der Waals surface area contributed by atoms with Gasteiger partial charge in [0.2, 0.25) is 0 Å². The molecule has 3 nitrogen and oxygen atoms in total. The van der Waals surface area contributed by atoms with Crippen LogP contribution in [0, 0.1) is 0 Å². The third-order valence-corrected chi connectivity index (χ3v) is 4.21. The van der Waals surface area contributed by atoms with Crippen LogP contribution in [0.4, 0.5) is 0 Å². The number of benzene rings is 1. The molecule has 0 spiro atoms. The first-order chi connectivity index (χ1) is 8.61. The molecule has 2 atom stereocenters. The van der Waals surface area contributed by atoms with E-state index in [1.807, 2.05) is 38.2 Å². The second kappa shape index (κ2) is 5.85. The largest absolute Gasteiger partial charge is 0.368 e. The van der Waals surface area contributed by atoms with E-state index in [2.05, 4.69) is 15.9 Å². The third kappa shape index (κ3) is 2.75. The van der Waals surface area contributed by atoms with E-state index in [-0.39, 0.29) is 18.1 Å². The maximum absolute atomic E-state index is 12.3. The van der Waals surface area contributed by atoms with E-state index in [4.69, 9.17) is 4.74 Å². The monoisotopic (exact) mass is 311 g/mol. The van der Waals surface area contributed by atoms with E-state index in [1.54, 1.807) is 4.90 Å². The number of rotatable bonds is 3. The maximum atomic E-state index is 12.3. The minimum Gasteiger partial charge on any atom is -0.368 e. The first-order valence-corrected chi connectivity index (χ1v) is 7.03. The standard InChI is InChI=1S/C14H18BrNO2/c1-10(11-6-3-4-7-12(11)15)16(2)14(17)13-8-5-9-18-13/h3-4,6-7,10,13H,5,8-9H2,1-2H3/t10?,13-/m0/s1. The van der Waals surface area contributed by atoms with Gasteiger partial charge in [0.15, 0.2) is 0 Å². The zero-order valence-electron chi connectivity index (χ0n) is 10.7. The summed E-state index contributed by atoms with van der Waals surface area (Å²) in [7, 11) is 1.84. The van der Waals surface area contributed by atoms with Crippen LogP contribution in [0.3, 0.4) is 0 Å². The molecule has 98 valence electrons. The summed E-state index contributed by atoms with van der Waals surface area (Å²) >= 11 is 3.53. The number of halogens is 1. The molecule has 0 radical (unpaired) electrons. The number of carbonyl (C=O) groups excluding carboxylic acids is 1. The van der Waals surface area contributed by atoms with Gasteiger partial charge in [0.25, 0.3) is 5.91 Å². The van der Waals surface area contributed by atoms with Gasteiger partial charge >= 0.3 is 0 Å². The molecule has 4 heteroatoms. The van der Waals surface area contributed by atoms with Crippen molar-refractivity contribution >= 4 is 21.8 Å². The highest BCUT2D eigenvalue weighted by Gasteiger charge is 2.29. The Bertz CT molecular complexity index is 430. The van der Waals surface area contributed by atoms with Crippen LogP contribution in [0.15, 0.2) is 28.7 Å². The molecule has 1 heterocycles. The number of nitrogens with zero attached hydrogens (tertiary/aromatic N) is 1. The highest BCUT2D eigenvalue weighted by molar-refractivity contribution is 9.10. The molecular formula is C14H18BrNO2. The Morgan fingerprint density at radius 3 is 2.83 bits per heavy atom. The summed E-state index contributed by atoms with van der Waals surface area (Å²) in [6, 6.07) is 8.03. The number of carbonyl (C=O) groups is 1. The molecule has 1 aliphatic rings. The van der Waals surface area contributed by atoms with Crippen molar-refractivity contribution in [2.24, 2.45) is 0 Å². The molecule has 1 amide bonds. The van der Waals surface area contributed by atoms with Crippen molar-refractivity contribution in [1.29, 1.82) is 0 Å². The SMILES string of the molecule is CC(c1ccccc1Br)N(C)C(=O)[C@@H]1CCCO1. The third-order valence-electron chi connectivity index (χ3n) is 3.49. The molecule has 18 heavy (non-hydrogen) atoms. The van der Waals surface area contributed by atoms with E-state index >= 15 is 0 Å². The normalized spacial score (nSPS) is 20.7. The molecular weight excluding hydrogens is 294 g/mol. The van der Waals surface area contributed by atoms with E-state index in [1.165, 1.54) is 0 Å². The molecule has 1 aliphatic heterocycles. The van der Waals surface area contributed by atoms with Crippen LogP contribution < -0.4 is 0 Å². The van der Waals surface area contributed by atoms with Crippen molar-refractivity contribution in [2.45, 2.75) is 31.9 Å². The highest BCUT2D eigenvalue weighted by Crippen LogP contribution is 2.28. The van der Waals surface area contributed by atoms with Crippen LogP contribution in [-0.4, -0.2) is 30.6 Å². The van der Waals surface area contributed by atoms with Gasteiger partial charge in [0.1, 0.15) is 6.10 Å². The average molecular weight is 312 g/mol. The van der Waals surface area contributed by atoms with Gasteiger partial charge < -0.3 is 9.64 Å². The summed E-state index contributed by atoms with van der Waals surface area (Å²) < 4.78 is 6.48. The molecule has 0 aliphatic carbocycles. The van der Waals surface area contributed by atoms with Crippen molar-refractivity contribution in [1.82, 2.24) is 4.90 Å². The van der Waals surface area contributed by atoms with Crippen molar-refractivity contribution in [3.8, 4) is 0 Å². The van der Waals surface area contributed by atoms with Crippen LogP contribution in [-0.2, 0) is 9.53 Å². The minimum absolute atomic E-state index is 0.0391. The summed E-state index contributed by atoms with van der Waals surface area (Å²) in [6.45, 7) is 2.74. The zero-order valence-corrected chi connectivity index (χ0v) is 12.3. The molecule has 0 aromatic heterocycles. The highest BCUT2D eigenvalue weighted by atomic mass is 79.9. The Labute approximate surface area is 116 Å². The van der Waals surface area contributed by atoms with Crippen molar-refractivity contribution < 1.29 is 9.53 Å². The summed E-state index contributed by atoms with van der Waals surface area (Å²) in [5.41, 5.74) is 1.12. The van der Waals surface area contributed by atoms with Gasteiger partial charge in [-0.2, -0.15) is 0 Å². The molecule has 1 aromatic carbocycles. The van der Waals surface area contributed by atoms with Gasteiger partial charge in [0.05, 0.1) is 6.04 Å². The smallest absolute Gasteiger partial charge is 0.251 e. The van der Waals surface area contributed by atoms with Crippen LogP contribution in [0.5, 0.6) is 0 Å². The van der Waals surface area contributed by atoms with Crippen LogP contribution in [0.1, 0.15) is 31.4 Å². The zero-order chi connectivity index (χ0) is 13.1. The number of ether oxygens (including phenoxy) is 1. The Morgan fingerprint density at radius 1 is 1.50 bits per heavy atom. The fourth-order valence-electron chi connectivity index (χ4n) is 2.21. The minimum atomic E-state index is -0.250. The van der Waals surface area contributed by atoms with Crippen molar-refractivity contribution in [3.05, 3.63) is 34.3 Å². The van der Waals surface area contributed by atoms with Crippen molar-refractivity contribution in [3.63, 3.8) is 0 Å². The molecule has 2 rings (SSSR count). The predicted molar refractivity (Wildman–Crippen MR) is 74.3 cm³/mol. The molecule has 1 saturated heterocycles. The van der Waals surface area contributed by atoms with Crippen LogP contribution in [0.2, 0.25) is 0 Å². The van der Waals surface area contributed by atoms with Gasteiger partial charge in [-0.3, -0.25) is 4.79 Å². The summed E-state index contributed by atoms with van der Waals surface area (Å²) in [6.07, 6.45) is 1.57. The lowest BCUT2D eigenvalue weighted by Crippen LogP contribution is -2.37. The van der Waals surface area contributed by atoms with E-state index in [0.717, 1.165) is 22.9 Å². The lowest BCUT2D eigenvalue weighted by Gasteiger charge is -2.28. The van der Waals surface area contributed by atoms with Crippen LogP contribution in [0.25, 0.3) is 0 Å². The molecule has 1 aromatic rings. The topological polar surface area (TPSA) is 29.5 Å². The predicted octanol–water partition coefficient (Wildman–Crippen LogP) is 3.15. The first kappa shape index (κ1) is 13.6. The Balaban J connectivity index is 2.10. The molecule has 0 N–H and O–H groups in total. The van der Waals surface area contributed by atoms with E-state index < -0.39 is 0 Å². The maximum Gasteiger partial charge on any atom is 0.251 e. The lowest BCUT2D eigenvalue weighted by atomic mass is 10.1. The Morgan fingerprint density at radius 2 is 2.22 bits per heavy atom. The van der Waals surface area contributed by atoms with Crippen LogP contribution >= 0.6 is 15.9 Å². The molecule has 0 bridgehead atoms. The second-order valence-corrected chi connectivity index (χ2v) is 5.50. The fraction of sp³-hybridized carbons (Fsp3) is 0.500. The first-order valence-electron chi connectivity index (χ1n) is 6.24. The molecule has 1 fully saturated rings. The van der Waals surface area contributed by atoms with Gasteiger partial charge in [-0.25, -0.2) is 0 Å². The van der Waals surface area contributed by atoms with E-state index in [0.29, 0.717) is 6.61 Å². The Hall–Kier alpha value is -0.870. The number of amides is 1. The number of hydrogen-bond acceptors (Lipinski definition) is 2. The quantitative estimate of drug-likeness (QED) is 0.858. The van der Waals surface area contributed by atoms with Gasteiger partial charge in [-0.05, 0) is 31.4 Å². The molecule has 0 saturated carbocycles. The summed E-state index contributed by atoms with van der Waals surface area (Å²) in [5, 5.41) is 0. The Kier molecular flexibility index (Phi) is 4.40. The summed E-state index contributed by atoms with van der Waals surface area (Å²) in [5.74, 6) is 0.0794. The van der Waals surface area contributed by atoms with Crippen molar-refractivity contribution in [2.75, 3.05) is 13.7 Å². The van der Waals surface area contributed by atoms with Gasteiger partial charge in [-0.1, -0.05) is 34.1 Å². The second-order valence-electron chi connectivity index (χ2n) is 4.65. The van der Waals surface area contributed by atoms with Gasteiger partial charge in [-0.15, -0.1) is 0 Å². The average Bonchev–Trinajstić information content (AvgIpc) is 2.90. The number of likely N-dealkylation sites (N-methyl/N-ethyl adjacent to an activating group) is 1. The van der Waals surface area contributed by atoms with Gasteiger partial charge in [0, 0.05) is 18.1 Å². The fourth-order valence-corrected chi connectivity index (χ4v) is 2.83. The lowest BCUT2D eigenvalue weighted by molar-refractivity contribution is -0.141. The molecule has 1 unspecified atom stereocenters. The summed E-state index contributed by atoms with van der Waals surface area (Å²) in [4.78, 5) is 14.0. The van der Waals surface area contributed by atoms with E-state index in [9.17, 15) is 4.79 Å². The number of hydrogen-bond donors (Lipinski definition) is 0.